The van der Waals surface area contributed by atoms with Gasteiger partial charge in [-0.1, -0.05) is 62.4 Å². The van der Waals surface area contributed by atoms with Crippen molar-refractivity contribution in [2.45, 2.75) is 44.9 Å². The number of thioether (sulfide) groups is 1. The fraction of sp³-hybridized carbons (Fsp3) is 0.440. The van der Waals surface area contributed by atoms with Gasteiger partial charge in [0.05, 0.1) is 10.2 Å². The molecular formula is C25H34ClN3OS2. The molecule has 174 valence electrons. The number of amides is 1. The van der Waals surface area contributed by atoms with Crippen molar-refractivity contribution in [3.63, 3.8) is 0 Å². The number of fused-ring (bicyclic) bond motifs is 1. The summed E-state index contributed by atoms with van der Waals surface area (Å²) < 4.78 is 1.16. The van der Waals surface area contributed by atoms with Crippen LogP contribution in [0.15, 0.2) is 53.4 Å². The smallest absolute Gasteiger partial charge is 0.228 e. The Bertz CT molecular complexity index is 960. The van der Waals surface area contributed by atoms with Crippen LogP contribution in [0.1, 0.15) is 39.2 Å². The molecule has 0 spiro atoms. The Morgan fingerprint density at radius 1 is 1.00 bits per heavy atom. The highest BCUT2D eigenvalue weighted by molar-refractivity contribution is 7.99. The second kappa shape index (κ2) is 13.8. The van der Waals surface area contributed by atoms with Crippen molar-refractivity contribution < 1.29 is 4.79 Å². The van der Waals surface area contributed by atoms with Gasteiger partial charge in [-0.25, -0.2) is 4.98 Å². The Labute approximate surface area is 206 Å². The molecule has 0 unspecified atom stereocenters. The molecule has 1 heterocycles. The highest BCUT2D eigenvalue weighted by atomic mass is 35.5. The number of para-hydroxylation sites is 1. The number of hydrogen-bond donors (Lipinski definition) is 0. The maximum Gasteiger partial charge on any atom is 0.228 e. The number of aryl methyl sites for hydroxylation is 1. The number of carbonyl (C=O) groups excluding carboxylic acids is 1. The Hall–Kier alpha value is -1.60. The number of aromatic nitrogens is 1. The summed E-state index contributed by atoms with van der Waals surface area (Å²) in [5, 5.41) is 0.837. The Kier molecular flexibility index (Phi) is 11.5. The van der Waals surface area contributed by atoms with Crippen molar-refractivity contribution in [3.8, 4) is 0 Å². The minimum absolute atomic E-state index is 0. The van der Waals surface area contributed by atoms with Crippen LogP contribution in [-0.4, -0.2) is 47.7 Å². The van der Waals surface area contributed by atoms with Crippen molar-refractivity contribution in [1.29, 1.82) is 0 Å². The summed E-state index contributed by atoms with van der Waals surface area (Å²) in [5.41, 5.74) is 2.29. The average Bonchev–Trinajstić information content (AvgIpc) is 3.24. The molecule has 1 amide bonds. The van der Waals surface area contributed by atoms with Gasteiger partial charge in [0.2, 0.25) is 5.91 Å². The van der Waals surface area contributed by atoms with Crippen molar-refractivity contribution >= 4 is 56.8 Å². The molecule has 4 nitrogen and oxygen atoms in total. The third-order valence-electron chi connectivity index (χ3n) is 5.49. The number of thiazole rings is 1. The second-order valence-electron chi connectivity index (χ2n) is 7.45. The average molecular weight is 492 g/mol. The fourth-order valence-corrected chi connectivity index (χ4v) is 5.50. The van der Waals surface area contributed by atoms with Crippen LogP contribution in [0.25, 0.3) is 10.2 Å². The standard InChI is InChI=1S/C25H33N3OS2.ClH/c1-4-20-12-10-15-22-24(20)26-25(31-22)28(18-17-27(5-2)6-3)23(29)16-11-19-30-21-13-8-7-9-14-21;/h7-10,12-15H,4-6,11,16-19H2,1-3H3;1H. The number of nitrogens with zero attached hydrogens (tertiary/aromatic N) is 3. The third-order valence-corrected chi connectivity index (χ3v) is 7.63. The molecule has 0 N–H and O–H groups in total. The molecule has 0 saturated heterocycles. The molecule has 0 radical (unpaired) electrons. The summed E-state index contributed by atoms with van der Waals surface area (Å²) in [5.74, 6) is 1.12. The third kappa shape index (κ3) is 7.20. The van der Waals surface area contributed by atoms with Crippen molar-refractivity contribution in [2.75, 3.05) is 36.8 Å². The second-order valence-corrected chi connectivity index (χ2v) is 9.63. The minimum atomic E-state index is 0. The van der Waals surface area contributed by atoms with E-state index >= 15 is 0 Å². The van der Waals surface area contributed by atoms with Gasteiger partial charge >= 0.3 is 0 Å². The van der Waals surface area contributed by atoms with Crippen LogP contribution in [0.5, 0.6) is 0 Å². The first kappa shape index (κ1) is 26.7. The fourth-order valence-electron chi connectivity index (χ4n) is 3.57. The summed E-state index contributed by atoms with van der Waals surface area (Å²) in [6.07, 6.45) is 2.37. The predicted molar refractivity (Wildman–Crippen MR) is 143 cm³/mol. The van der Waals surface area contributed by atoms with Gasteiger partial charge in [0, 0.05) is 24.4 Å². The SMILES string of the molecule is CCc1cccc2sc(N(CCN(CC)CC)C(=O)CCCSc3ccccc3)nc12.Cl. The zero-order chi connectivity index (χ0) is 22.1. The molecule has 3 aromatic rings. The Morgan fingerprint density at radius 2 is 1.75 bits per heavy atom. The lowest BCUT2D eigenvalue weighted by Gasteiger charge is -2.24. The van der Waals surface area contributed by atoms with E-state index in [-0.39, 0.29) is 18.3 Å². The Morgan fingerprint density at radius 3 is 2.44 bits per heavy atom. The van der Waals surface area contributed by atoms with E-state index < -0.39 is 0 Å². The quantitative estimate of drug-likeness (QED) is 0.213. The molecule has 0 aliphatic rings. The first-order valence-electron chi connectivity index (χ1n) is 11.2. The van der Waals surface area contributed by atoms with Gasteiger partial charge < -0.3 is 4.90 Å². The van der Waals surface area contributed by atoms with Crippen LogP contribution in [0.3, 0.4) is 0 Å². The highest BCUT2D eigenvalue weighted by Gasteiger charge is 2.20. The van der Waals surface area contributed by atoms with E-state index in [9.17, 15) is 4.79 Å². The monoisotopic (exact) mass is 491 g/mol. The molecule has 0 aliphatic carbocycles. The summed E-state index contributed by atoms with van der Waals surface area (Å²) in [7, 11) is 0. The normalized spacial score (nSPS) is 11.0. The summed E-state index contributed by atoms with van der Waals surface area (Å²) in [4.78, 5) is 23.7. The molecule has 3 rings (SSSR count). The van der Waals surface area contributed by atoms with E-state index in [0.717, 1.165) is 53.6 Å². The first-order chi connectivity index (χ1) is 15.2. The largest absolute Gasteiger partial charge is 0.302 e. The van der Waals surface area contributed by atoms with Gasteiger partial charge in [-0.15, -0.1) is 24.2 Å². The predicted octanol–water partition coefficient (Wildman–Crippen LogP) is 6.53. The molecule has 0 bridgehead atoms. The zero-order valence-corrected chi connectivity index (χ0v) is 21.7. The van der Waals surface area contributed by atoms with Crippen LogP contribution < -0.4 is 4.90 Å². The van der Waals surface area contributed by atoms with Crippen LogP contribution in [0, 0.1) is 0 Å². The lowest BCUT2D eigenvalue weighted by Crippen LogP contribution is -2.38. The van der Waals surface area contributed by atoms with E-state index in [2.05, 4.69) is 68.1 Å². The number of anilines is 1. The summed E-state index contributed by atoms with van der Waals surface area (Å²) in [6, 6.07) is 16.7. The zero-order valence-electron chi connectivity index (χ0n) is 19.3. The number of likely N-dealkylation sites (N-methyl/N-ethyl adjacent to an activating group) is 1. The molecule has 7 heteroatoms. The van der Waals surface area contributed by atoms with Crippen molar-refractivity contribution in [1.82, 2.24) is 9.88 Å². The Balaban J connectivity index is 0.00000363. The van der Waals surface area contributed by atoms with Gasteiger partial charge in [0.1, 0.15) is 0 Å². The van der Waals surface area contributed by atoms with Crippen LogP contribution in [-0.2, 0) is 11.2 Å². The molecule has 32 heavy (non-hydrogen) atoms. The maximum atomic E-state index is 13.2. The number of benzene rings is 2. The lowest BCUT2D eigenvalue weighted by atomic mass is 10.1. The summed E-state index contributed by atoms with van der Waals surface area (Å²) >= 11 is 3.45. The molecule has 0 fully saturated rings. The maximum absolute atomic E-state index is 13.2. The van der Waals surface area contributed by atoms with Crippen molar-refractivity contribution in [3.05, 3.63) is 54.1 Å². The highest BCUT2D eigenvalue weighted by Crippen LogP contribution is 2.31. The van der Waals surface area contributed by atoms with E-state index in [0.29, 0.717) is 13.0 Å². The van der Waals surface area contributed by atoms with Gasteiger partial charge in [-0.3, -0.25) is 9.69 Å². The van der Waals surface area contributed by atoms with E-state index in [1.807, 2.05) is 22.7 Å². The molecule has 0 saturated carbocycles. The molecular weight excluding hydrogens is 458 g/mol. The topological polar surface area (TPSA) is 36.4 Å². The van der Waals surface area contributed by atoms with Gasteiger partial charge in [0.15, 0.2) is 5.13 Å². The van der Waals surface area contributed by atoms with Crippen LogP contribution in [0.4, 0.5) is 5.13 Å². The number of carbonyl (C=O) groups is 1. The van der Waals surface area contributed by atoms with Gasteiger partial charge in [-0.2, -0.15) is 0 Å². The number of hydrogen-bond acceptors (Lipinski definition) is 5. The van der Waals surface area contributed by atoms with Gasteiger partial charge in [0.25, 0.3) is 0 Å². The lowest BCUT2D eigenvalue weighted by molar-refractivity contribution is -0.118. The van der Waals surface area contributed by atoms with Crippen molar-refractivity contribution in [2.24, 2.45) is 0 Å². The number of rotatable bonds is 12. The van der Waals surface area contributed by atoms with Crippen LogP contribution >= 0.6 is 35.5 Å². The summed E-state index contributed by atoms with van der Waals surface area (Å²) in [6.45, 7) is 10.0. The molecule has 2 aromatic carbocycles. The number of halogens is 1. The first-order valence-corrected chi connectivity index (χ1v) is 13.0. The van der Waals surface area contributed by atoms with Crippen LogP contribution in [0.2, 0.25) is 0 Å². The molecule has 0 aliphatic heterocycles. The molecule has 0 atom stereocenters. The van der Waals surface area contributed by atoms with Gasteiger partial charge in [-0.05, 0) is 55.4 Å². The molecule has 1 aromatic heterocycles. The van der Waals surface area contributed by atoms with E-state index in [4.69, 9.17) is 4.98 Å². The minimum Gasteiger partial charge on any atom is -0.302 e. The van der Waals surface area contributed by atoms with E-state index in [1.54, 1.807) is 11.3 Å². The van der Waals surface area contributed by atoms with E-state index in [1.165, 1.54) is 10.5 Å².